The van der Waals surface area contributed by atoms with Crippen molar-refractivity contribution in [2.45, 2.75) is 31.7 Å². The molecular weight excluding hydrogens is 198 g/mol. The Kier molecular flexibility index (Phi) is 4.22. The molecule has 0 aromatic carbocycles. The van der Waals surface area contributed by atoms with E-state index in [9.17, 15) is 0 Å². The lowest BCUT2D eigenvalue weighted by molar-refractivity contribution is 0.221. The van der Waals surface area contributed by atoms with Gasteiger partial charge in [-0.3, -0.25) is 0 Å². The molecule has 3 heteroatoms. The second-order valence-electron chi connectivity index (χ2n) is 5.85. The Balaban J connectivity index is 1.78. The van der Waals surface area contributed by atoms with Crippen LogP contribution >= 0.6 is 0 Å². The average Bonchev–Trinajstić information content (AvgIpc) is 2.87. The molecule has 0 amide bonds. The minimum Gasteiger partial charge on any atom is -0.330 e. The molecule has 0 aromatic rings. The summed E-state index contributed by atoms with van der Waals surface area (Å²) < 4.78 is 0. The van der Waals surface area contributed by atoms with Crippen LogP contribution in [0.5, 0.6) is 0 Å². The molecule has 0 bridgehead atoms. The molecule has 94 valence electrons. The fraction of sp³-hybridized carbons (Fsp3) is 1.00. The van der Waals surface area contributed by atoms with Crippen molar-refractivity contribution in [3.63, 3.8) is 0 Å². The van der Waals surface area contributed by atoms with E-state index in [4.69, 9.17) is 5.73 Å². The first-order valence-electron chi connectivity index (χ1n) is 6.79. The highest BCUT2D eigenvalue weighted by atomic mass is 15.2. The van der Waals surface area contributed by atoms with Crippen LogP contribution in [0.4, 0.5) is 0 Å². The second kappa shape index (κ2) is 5.48. The van der Waals surface area contributed by atoms with Crippen molar-refractivity contribution in [2.24, 2.45) is 17.6 Å². The topological polar surface area (TPSA) is 32.5 Å². The molecule has 1 saturated carbocycles. The van der Waals surface area contributed by atoms with Crippen molar-refractivity contribution < 1.29 is 0 Å². The normalized spacial score (nSPS) is 36.4. The Bertz CT molecular complexity index is 217. The molecule has 1 aliphatic heterocycles. The number of hydrogen-bond donors (Lipinski definition) is 1. The van der Waals surface area contributed by atoms with Crippen LogP contribution in [0.15, 0.2) is 0 Å². The molecule has 0 aromatic heterocycles. The van der Waals surface area contributed by atoms with Crippen molar-refractivity contribution in [1.82, 2.24) is 9.80 Å². The number of rotatable bonds is 4. The summed E-state index contributed by atoms with van der Waals surface area (Å²) in [6, 6.07) is 0.776. The summed E-state index contributed by atoms with van der Waals surface area (Å²) in [6.45, 7) is 4.75. The Morgan fingerprint density at radius 2 is 1.94 bits per heavy atom. The Morgan fingerprint density at radius 1 is 1.19 bits per heavy atom. The number of hydrogen-bond acceptors (Lipinski definition) is 3. The number of nitrogens with zero attached hydrogens (tertiary/aromatic N) is 2. The minimum atomic E-state index is 0.776. The molecule has 1 aliphatic carbocycles. The number of likely N-dealkylation sites (N-methyl/N-ethyl adjacent to an activating group) is 1. The van der Waals surface area contributed by atoms with E-state index in [1.165, 1.54) is 45.3 Å². The second-order valence-corrected chi connectivity index (χ2v) is 5.85. The molecule has 2 rings (SSSR count). The van der Waals surface area contributed by atoms with Crippen molar-refractivity contribution in [3.8, 4) is 0 Å². The standard InChI is InChI=1S/C13H27N3/c1-15(2)13-6-7-16(10-13)9-12-5-3-4-11(12)8-14/h11-13H,3-10,14H2,1-2H3. The average molecular weight is 225 g/mol. The van der Waals surface area contributed by atoms with Crippen LogP contribution in [0.2, 0.25) is 0 Å². The molecule has 1 heterocycles. The van der Waals surface area contributed by atoms with E-state index in [0.29, 0.717) is 0 Å². The molecule has 2 fully saturated rings. The Labute approximate surface area is 100.0 Å². The van der Waals surface area contributed by atoms with Crippen LogP contribution in [-0.2, 0) is 0 Å². The Morgan fingerprint density at radius 3 is 2.56 bits per heavy atom. The zero-order valence-corrected chi connectivity index (χ0v) is 10.9. The number of nitrogens with two attached hydrogens (primary N) is 1. The number of likely N-dealkylation sites (tertiary alicyclic amines) is 1. The molecular formula is C13H27N3. The monoisotopic (exact) mass is 225 g/mol. The third-order valence-electron chi connectivity index (χ3n) is 4.59. The lowest BCUT2D eigenvalue weighted by Crippen LogP contribution is -2.35. The summed E-state index contributed by atoms with van der Waals surface area (Å²) in [6.07, 6.45) is 5.52. The van der Waals surface area contributed by atoms with Gasteiger partial charge in [-0.1, -0.05) is 6.42 Å². The third kappa shape index (κ3) is 2.76. The van der Waals surface area contributed by atoms with Gasteiger partial charge >= 0.3 is 0 Å². The van der Waals surface area contributed by atoms with Crippen molar-refractivity contribution >= 4 is 0 Å². The molecule has 3 unspecified atom stereocenters. The van der Waals surface area contributed by atoms with Crippen LogP contribution in [0.1, 0.15) is 25.7 Å². The first kappa shape index (κ1) is 12.3. The van der Waals surface area contributed by atoms with Crippen LogP contribution < -0.4 is 5.73 Å². The molecule has 0 spiro atoms. The van der Waals surface area contributed by atoms with Gasteiger partial charge in [0.05, 0.1) is 0 Å². The Hall–Kier alpha value is -0.120. The van der Waals surface area contributed by atoms with Gasteiger partial charge < -0.3 is 15.5 Å². The summed E-state index contributed by atoms with van der Waals surface area (Å²) in [7, 11) is 4.40. The highest BCUT2D eigenvalue weighted by Gasteiger charge is 2.31. The molecule has 1 saturated heterocycles. The maximum atomic E-state index is 5.85. The summed E-state index contributed by atoms with van der Waals surface area (Å²) in [5, 5.41) is 0. The van der Waals surface area contributed by atoms with Crippen LogP contribution in [0.3, 0.4) is 0 Å². The molecule has 3 nitrogen and oxygen atoms in total. The molecule has 2 aliphatic rings. The summed E-state index contributed by atoms with van der Waals surface area (Å²) in [4.78, 5) is 5.03. The maximum Gasteiger partial charge on any atom is 0.0229 e. The summed E-state index contributed by atoms with van der Waals surface area (Å²) in [5.41, 5.74) is 5.85. The SMILES string of the molecule is CN(C)C1CCN(CC2CCCC2CN)C1. The lowest BCUT2D eigenvalue weighted by atomic mass is 9.96. The van der Waals surface area contributed by atoms with E-state index in [1.807, 2.05) is 0 Å². The van der Waals surface area contributed by atoms with E-state index in [1.54, 1.807) is 0 Å². The van der Waals surface area contributed by atoms with Gasteiger partial charge in [-0.15, -0.1) is 0 Å². The van der Waals surface area contributed by atoms with Crippen molar-refractivity contribution in [1.29, 1.82) is 0 Å². The minimum absolute atomic E-state index is 0.776. The van der Waals surface area contributed by atoms with Crippen molar-refractivity contribution in [2.75, 3.05) is 40.3 Å². The molecule has 2 N–H and O–H groups in total. The maximum absolute atomic E-state index is 5.85. The van der Waals surface area contributed by atoms with Gasteiger partial charge in [0.15, 0.2) is 0 Å². The van der Waals surface area contributed by atoms with Gasteiger partial charge in [0.2, 0.25) is 0 Å². The zero-order chi connectivity index (χ0) is 11.5. The van der Waals surface area contributed by atoms with Crippen LogP contribution in [0, 0.1) is 11.8 Å². The largest absolute Gasteiger partial charge is 0.330 e. The smallest absolute Gasteiger partial charge is 0.0229 e. The first-order valence-corrected chi connectivity index (χ1v) is 6.79. The van der Waals surface area contributed by atoms with E-state index < -0.39 is 0 Å². The summed E-state index contributed by atoms with van der Waals surface area (Å²) >= 11 is 0. The van der Waals surface area contributed by atoms with Gasteiger partial charge in [-0.2, -0.15) is 0 Å². The highest BCUT2D eigenvalue weighted by molar-refractivity contribution is 4.86. The molecule has 16 heavy (non-hydrogen) atoms. The highest BCUT2D eigenvalue weighted by Crippen LogP contribution is 2.32. The predicted molar refractivity (Wildman–Crippen MR) is 68.4 cm³/mol. The quantitative estimate of drug-likeness (QED) is 0.775. The van der Waals surface area contributed by atoms with E-state index in [-0.39, 0.29) is 0 Å². The van der Waals surface area contributed by atoms with Gasteiger partial charge in [-0.25, -0.2) is 0 Å². The third-order valence-corrected chi connectivity index (χ3v) is 4.59. The van der Waals surface area contributed by atoms with Crippen molar-refractivity contribution in [3.05, 3.63) is 0 Å². The van der Waals surface area contributed by atoms with Gasteiger partial charge in [0.25, 0.3) is 0 Å². The molecule has 3 atom stereocenters. The predicted octanol–water partition coefficient (Wildman–Crippen LogP) is 0.997. The lowest BCUT2D eigenvalue weighted by Gasteiger charge is -2.25. The van der Waals surface area contributed by atoms with E-state index >= 15 is 0 Å². The van der Waals surface area contributed by atoms with Gasteiger partial charge in [0.1, 0.15) is 0 Å². The van der Waals surface area contributed by atoms with E-state index in [2.05, 4.69) is 23.9 Å². The molecule has 0 radical (unpaired) electrons. The van der Waals surface area contributed by atoms with Crippen LogP contribution in [0.25, 0.3) is 0 Å². The van der Waals surface area contributed by atoms with Crippen LogP contribution in [-0.4, -0.2) is 56.1 Å². The zero-order valence-electron chi connectivity index (χ0n) is 10.9. The fourth-order valence-corrected chi connectivity index (χ4v) is 3.40. The van der Waals surface area contributed by atoms with Gasteiger partial charge in [0, 0.05) is 19.1 Å². The first-order chi connectivity index (χ1) is 7.70. The van der Waals surface area contributed by atoms with Gasteiger partial charge in [-0.05, 0) is 58.3 Å². The fourth-order valence-electron chi connectivity index (χ4n) is 3.40. The summed E-state index contributed by atoms with van der Waals surface area (Å²) in [5.74, 6) is 1.68. The van der Waals surface area contributed by atoms with E-state index in [0.717, 1.165) is 24.4 Å².